The van der Waals surface area contributed by atoms with E-state index in [0.717, 1.165) is 0 Å². The quantitative estimate of drug-likeness (QED) is 0.672. The third-order valence-electron chi connectivity index (χ3n) is 4.14. The number of hydrogen-bond acceptors (Lipinski definition) is 5. The first-order valence-corrected chi connectivity index (χ1v) is 9.03. The fourth-order valence-corrected chi connectivity index (χ4v) is 2.61. The molecule has 3 amide bonds. The van der Waals surface area contributed by atoms with Crippen molar-refractivity contribution < 1.29 is 23.9 Å². The van der Waals surface area contributed by atoms with E-state index in [-0.39, 0.29) is 37.2 Å². The van der Waals surface area contributed by atoms with Gasteiger partial charge in [0.05, 0.1) is 26.3 Å². The molecule has 29 heavy (non-hydrogen) atoms. The zero-order valence-electron chi connectivity index (χ0n) is 16.7. The minimum atomic E-state index is -0.327. The Labute approximate surface area is 169 Å². The Bertz CT molecular complexity index is 869. The van der Waals surface area contributed by atoms with Crippen LogP contribution in [0.25, 0.3) is 0 Å². The van der Waals surface area contributed by atoms with Gasteiger partial charge in [0.25, 0.3) is 5.91 Å². The van der Waals surface area contributed by atoms with Gasteiger partial charge in [-0.2, -0.15) is 0 Å². The van der Waals surface area contributed by atoms with Crippen molar-refractivity contribution in [2.24, 2.45) is 0 Å². The molecule has 0 saturated heterocycles. The van der Waals surface area contributed by atoms with Crippen LogP contribution in [-0.4, -0.2) is 57.0 Å². The molecule has 154 valence electrons. The highest BCUT2D eigenvalue weighted by Crippen LogP contribution is 2.17. The lowest BCUT2D eigenvalue weighted by Gasteiger charge is -2.17. The second kappa shape index (κ2) is 10.7. The van der Waals surface area contributed by atoms with Crippen LogP contribution in [0.2, 0.25) is 0 Å². The largest absolute Gasteiger partial charge is 0.497 e. The van der Waals surface area contributed by atoms with Crippen molar-refractivity contribution in [3.05, 3.63) is 54.1 Å². The van der Waals surface area contributed by atoms with Gasteiger partial charge in [0.2, 0.25) is 11.8 Å². The second-order valence-corrected chi connectivity index (χ2v) is 6.24. The maximum atomic E-state index is 12.2. The van der Waals surface area contributed by atoms with E-state index in [2.05, 4.69) is 10.6 Å². The molecule has 0 radical (unpaired) electrons. The minimum Gasteiger partial charge on any atom is -0.497 e. The zero-order valence-corrected chi connectivity index (χ0v) is 16.7. The predicted octanol–water partition coefficient (Wildman–Crippen LogP) is 1.92. The standard InChI is InChI=1S/C21H25N3O5/c1-24(14-19(25)23-15-7-6-8-16(13-15)28-2)20(26)11-12-22-21(27)17-9-4-5-10-18(17)29-3/h4-10,13H,11-12,14H2,1-3H3,(H,22,27)(H,23,25). The SMILES string of the molecule is COc1cccc(NC(=O)CN(C)C(=O)CCNC(=O)c2ccccc2OC)c1. The van der Waals surface area contributed by atoms with Crippen molar-refractivity contribution in [3.8, 4) is 11.5 Å². The second-order valence-electron chi connectivity index (χ2n) is 6.24. The lowest BCUT2D eigenvalue weighted by molar-refractivity contribution is -0.133. The monoisotopic (exact) mass is 399 g/mol. The number of amides is 3. The molecule has 0 bridgehead atoms. The third-order valence-corrected chi connectivity index (χ3v) is 4.14. The van der Waals surface area contributed by atoms with Crippen molar-refractivity contribution in [3.63, 3.8) is 0 Å². The summed E-state index contributed by atoms with van der Waals surface area (Å²) in [5.74, 6) is 0.174. The molecule has 8 nitrogen and oxygen atoms in total. The maximum Gasteiger partial charge on any atom is 0.255 e. The van der Waals surface area contributed by atoms with Gasteiger partial charge in [0.15, 0.2) is 0 Å². The fourth-order valence-electron chi connectivity index (χ4n) is 2.61. The molecule has 0 unspecified atom stereocenters. The third kappa shape index (κ3) is 6.53. The molecule has 0 atom stereocenters. The molecule has 0 aliphatic rings. The number of nitrogens with one attached hydrogen (secondary N) is 2. The maximum absolute atomic E-state index is 12.2. The normalized spacial score (nSPS) is 10.0. The Hall–Kier alpha value is -3.55. The van der Waals surface area contributed by atoms with Crippen molar-refractivity contribution in [1.29, 1.82) is 0 Å². The summed E-state index contributed by atoms with van der Waals surface area (Å²) in [5, 5.41) is 5.40. The summed E-state index contributed by atoms with van der Waals surface area (Å²) >= 11 is 0. The Balaban J connectivity index is 1.78. The lowest BCUT2D eigenvalue weighted by Crippen LogP contribution is -2.37. The Morgan fingerprint density at radius 1 is 1.00 bits per heavy atom. The van der Waals surface area contributed by atoms with Gasteiger partial charge in [-0.25, -0.2) is 0 Å². The van der Waals surface area contributed by atoms with E-state index in [0.29, 0.717) is 22.7 Å². The van der Waals surface area contributed by atoms with E-state index in [4.69, 9.17) is 9.47 Å². The van der Waals surface area contributed by atoms with Crippen molar-refractivity contribution in [2.75, 3.05) is 39.7 Å². The number of ether oxygens (including phenoxy) is 2. The van der Waals surface area contributed by atoms with Crippen LogP contribution in [0.15, 0.2) is 48.5 Å². The van der Waals surface area contributed by atoms with Crippen LogP contribution in [0.1, 0.15) is 16.8 Å². The Morgan fingerprint density at radius 2 is 1.76 bits per heavy atom. The van der Waals surface area contributed by atoms with Crippen LogP contribution in [0.4, 0.5) is 5.69 Å². The van der Waals surface area contributed by atoms with Crippen LogP contribution < -0.4 is 20.1 Å². The molecule has 0 heterocycles. The van der Waals surface area contributed by atoms with Crippen LogP contribution in [0.5, 0.6) is 11.5 Å². The molecule has 8 heteroatoms. The van der Waals surface area contributed by atoms with E-state index in [1.165, 1.54) is 19.1 Å². The van der Waals surface area contributed by atoms with E-state index in [1.807, 2.05) is 0 Å². The van der Waals surface area contributed by atoms with Gasteiger partial charge < -0.3 is 25.0 Å². The van der Waals surface area contributed by atoms with Crippen molar-refractivity contribution in [1.82, 2.24) is 10.2 Å². The molecule has 2 N–H and O–H groups in total. The van der Waals surface area contributed by atoms with E-state index in [1.54, 1.807) is 55.6 Å². The molecule has 2 aromatic carbocycles. The molecule has 0 saturated carbocycles. The summed E-state index contributed by atoms with van der Waals surface area (Å²) in [6.45, 7) is 0.0497. The van der Waals surface area contributed by atoms with Gasteiger partial charge in [0, 0.05) is 31.8 Å². The van der Waals surface area contributed by atoms with Gasteiger partial charge in [-0.05, 0) is 24.3 Å². The van der Waals surface area contributed by atoms with Gasteiger partial charge >= 0.3 is 0 Å². The van der Waals surface area contributed by atoms with Crippen molar-refractivity contribution >= 4 is 23.4 Å². The fraction of sp³-hybridized carbons (Fsp3) is 0.286. The molecular formula is C21H25N3O5. The molecule has 0 aromatic heterocycles. The van der Waals surface area contributed by atoms with Gasteiger partial charge in [-0.1, -0.05) is 18.2 Å². The number of rotatable bonds is 9. The smallest absolute Gasteiger partial charge is 0.255 e. The molecule has 2 aromatic rings. The average Bonchev–Trinajstić information content (AvgIpc) is 2.73. The first-order chi connectivity index (χ1) is 13.9. The summed E-state index contributed by atoms with van der Waals surface area (Å²) in [7, 11) is 4.57. The van der Waals surface area contributed by atoms with E-state index in [9.17, 15) is 14.4 Å². The van der Waals surface area contributed by atoms with Gasteiger partial charge in [-0.15, -0.1) is 0 Å². The molecule has 0 aliphatic carbocycles. The predicted molar refractivity (Wildman–Crippen MR) is 109 cm³/mol. The lowest BCUT2D eigenvalue weighted by atomic mass is 10.2. The minimum absolute atomic E-state index is 0.0732. The van der Waals surface area contributed by atoms with Crippen LogP contribution in [-0.2, 0) is 9.59 Å². The number of methoxy groups -OCH3 is 2. The molecule has 0 spiro atoms. The number of carbonyl (C=O) groups is 3. The number of benzene rings is 2. The number of para-hydroxylation sites is 1. The molecule has 2 rings (SSSR count). The molecule has 0 aliphatic heterocycles. The number of carbonyl (C=O) groups excluding carboxylic acids is 3. The Kier molecular flexibility index (Phi) is 8.02. The number of likely N-dealkylation sites (N-methyl/N-ethyl adjacent to an activating group) is 1. The highest BCUT2D eigenvalue weighted by molar-refractivity contribution is 5.97. The topological polar surface area (TPSA) is 97.0 Å². The summed E-state index contributed by atoms with van der Waals surface area (Å²) in [5.41, 5.74) is 0.979. The summed E-state index contributed by atoms with van der Waals surface area (Å²) < 4.78 is 10.3. The highest BCUT2D eigenvalue weighted by atomic mass is 16.5. The van der Waals surface area contributed by atoms with E-state index < -0.39 is 0 Å². The molecular weight excluding hydrogens is 374 g/mol. The van der Waals surface area contributed by atoms with Crippen LogP contribution in [0, 0.1) is 0 Å². The van der Waals surface area contributed by atoms with Gasteiger partial charge in [-0.3, -0.25) is 14.4 Å². The summed E-state index contributed by atoms with van der Waals surface area (Å²) in [4.78, 5) is 37.9. The first kappa shape index (κ1) is 21.7. The van der Waals surface area contributed by atoms with Gasteiger partial charge in [0.1, 0.15) is 11.5 Å². The number of nitrogens with zero attached hydrogens (tertiary/aromatic N) is 1. The number of hydrogen-bond donors (Lipinski definition) is 2. The van der Waals surface area contributed by atoms with Crippen LogP contribution in [0.3, 0.4) is 0 Å². The highest BCUT2D eigenvalue weighted by Gasteiger charge is 2.15. The zero-order chi connectivity index (χ0) is 21.2. The molecule has 0 fully saturated rings. The van der Waals surface area contributed by atoms with Crippen LogP contribution >= 0.6 is 0 Å². The van der Waals surface area contributed by atoms with E-state index >= 15 is 0 Å². The Morgan fingerprint density at radius 3 is 2.48 bits per heavy atom. The summed E-state index contributed by atoms with van der Waals surface area (Å²) in [6, 6.07) is 13.8. The first-order valence-electron chi connectivity index (χ1n) is 9.03. The van der Waals surface area contributed by atoms with Crippen molar-refractivity contribution in [2.45, 2.75) is 6.42 Å². The average molecular weight is 399 g/mol. The summed E-state index contributed by atoms with van der Waals surface area (Å²) in [6.07, 6.45) is 0.0732. The number of anilines is 1.